The van der Waals surface area contributed by atoms with E-state index in [-0.39, 0.29) is 29.3 Å². The van der Waals surface area contributed by atoms with Crippen LogP contribution in [0.4, 0.5) is 0 Å². The monoisotopic (exact) mass is 340 g/mol. The lowest BCUT2D eigenvalue weighted by Crippen LogP contribution is -2.52. The minimum Gasteiger partial charge on any atom is -0.353 e. The molecular weight excluding hydrogens is 316 g/mol. The number of nitrogens with one attached hydrogen (secondary N) is 1. The first-order chi connectivity index (χ1) is 10.9. The second-order valence-corrected chi connectivity index (χ2v) is 6.93. The minimum absolute atomic E-state index is 0.0141. The van der Waals surface area contributed by atoms with E-state index in [9.17, 15) is 14.4 Å². The van der Waals surface area contributed by atoms with Gasteiger partial charge in [-0.2, -0.15) is 0 Å². The van der Waals surface area contributed by atoms with Crippen molar-refractivity contribution in [2.75, 3.05) is 32.7 Å². The average molecular weight is 340 g/mol. The van der Waals surface area contributed by atoms with E-state index in [2.05, 4.69) is 5.32 Å². The van der Waals surface area contributed by atoms with E-state index >= 15 is 0 Å². The molecule has 0 saturated carbocycles. The molecule has 2 heterocycles. The van der Waals surface area contributed by atoms with Crippen LogP contribution in [-0.2, 0) is 16.1 Å². The van der Waals surface area contributed by atoms with Gasteiger partial charge in [0.05, 0.1) is 6.54 Å². The van der Waals surface area contributed by atoms with Gasteiger partial charge >= 0.3 is 4.87 Å². The molecular formula is C15H24N4O3S. The number of carbonyl (C=O) groups excluding carboxylic acids is 2. The highest BCUT2D eigenvalue weighted by molar-refractivity contribution is 7.07. The number of thiazole rings is 1. The molecule has 23 heavy (non-hydrogen) atoms. The zero-order valence-electron chi connectivity index (χ0n) is 13.9. The van der Waals surface area contributed by atoms with Crippen molar-refractivity contribution >= 4 is 23.2 Å². The molecule has 2 rings (SSSR count). The number of amides is 2. The van der Waals surface area contributed by atoms with Gasteiger partial charge in [-0.05, 0) is 20.8 Å². The van der Waals surface area contributed by atoms with Gasteiger partial charge in [-0.15, -0.1) is 0 Å². The first-order valence-electron chi connectivity index (χ1n) is 7.81. The molecule has 0 atom stereocenters. The van der Waals surface area contributed by atoms with Crippen molar-refractivity contribution in [2.45, 2.75) is 33.4 Å². The third-order valence-electron chi connectivity index (χ3n) is 3.81. The van der Waals surface area contributed by atoms with Crippen LogP contribution in [0.5, 0.6) is 0 Å². The Labute approximate surface area is 139 Å². The maximum absolute atomic E-state index is 12.3. The van der Waals surface area contributed by atoms with Crippen molar-refractivity contribution in [1.82, 2.24) is 19.7 Å². The second kappa shape index (κ2) is 7.74. The maximum atomic E-state index is 12.3. The van der Waals surface area contributed by atoms with Crippen LogP contribution in [0.2, 0.25) is 0 Å². The summed E-state index contributed by atoms with van der Waals surface area (Å²) in [6, 6.07) is 0.137. The summed E-state index contributed by atoms with van der Waals surface area (Å²) in [5.74, 6) is -0.0277. The third-order valence-corrected chi connectivity index (χ3v) is 4.69. The number of rotatable bonds is 5. The Kier molecular flexibility index (Phi) is 5.95. The first kappa shape index (κ1) is 17.7. The Morgan fingerprint density at radius 2 is 1.87 bits per heavy atom. The van der Waals surface area contributed by atoms with Crippen molar-refractivity contribution in [3.05, 3.63) is 20.7 Å². The number of nitrogens with zero attached hydrogens (tertiary/aromatic N) is 3. The van der Waals surface area contributed by atoms with Gasteiger partial charge in [0.25, 0.3) is 0 Å². The molecule has 0 aromatic carbocycles. The normalized spacial score (nSPS) is 15.9. The SMILES string of the molecule is Cc1csc(=O)n1CC(=O)N1CCN(CC(=O)NC(C)C)CC1. The molecule has 128 valence electrons. The summed E-state index contributed by atoms with van der Waals surface area (Å²) < 4.78 is 1.51. The van der Waals surface area contributed by atoms with Crippen LogP contribution in [0.25, 0.3) is 0 Å². The van der Waals surface area contributed by atoms with Gasteiger partial charge < -0.3 is 10.2 Å². The summed E-state index contributed by atoms with van der Waals surface area (Å²) in [4.78, 5) is 39.5. The standard InChI is InChI=1S/C15H24N4O3S/c1-11(2)16-13(20)8-17-4-6-18(7-5-17)14(21)9-19-12(3)10-23-15(19)22/h10-11H,4-9H2,1-3H3,(H,16,20). The quantitative estimate of drug-likeness (QED) is 0.811. The van der Waals surface area contributed by atoms with Crippen LogP contribution < -0.4 is 10.2 Å². The number of piperazine rings is 1. The lowest BCUT2D eigenvalue weighted by Gasteiger charge is -2.34. The molecule has 1 aromatic rings. The molecule has 1 aromatic heterocycles. The zero-order valence-corrected chi connectivity index (χ0v) is 14.7. The van der Waals surface area contributed by atoms with Gasteiger partial charge in [0, 0.05) is 43.3 Å². The van der Waals surface area contributed by atoms with Gasteiger partial charge in [0.15, 0.2) is 0 Å². The number of aryl methyl sites for hydroxylation is 1. The molecule has 1 N–H and O–H groups in total. The number of aromatic nitrogens is 1. The van der Waals surface area contributed by atoms with E-state index in [0.29, 0.717) is 32.7 Å². The summed E-state index contributed by atoms with van der Waals surface area (Å²) in [5.41, 5.74) is 0.817. The summed E-state index contributed by atoms with van der Waals surface area (Å²) in [5, 5.41) is 4.63. The van der Waals surface area contributed by atoms with Crippen LogP contribution in [-0.4, -0.2) is 64.9 Å². The predicted molar refractivity (Wildman–Crippen MR) is 89.6 cm³/mol. The van der Waals surface area contributed by atoms with E-state index in [1.165, 1.54) is 4.57 Å². The number of carbonyl (C=O) groups is 2. The van der Waals surface area contributed by atoms with Crippen LogP contribution in [0, 0.1) is 6.92 Å². The second-order valence-electron chi connectivity index (χ2n) is 6.11. The molecule has 0 bridgehead atoms. The largest absolute Gasteiger partial charge is 0.353 e. The Balaban J connectivity index is 1.81. The Bertz CT molecular complexity index is 614. The van der Waals surface area contributed by atoms with E-state index in [0.717, 1.165) is 17.0 Å². The van der Waals surface area contributed by atoms with Gasteiger partial charge in [0.1, 0.15) is 6.54 Å². The fourth-order valence-electron chi connectivity index (χ4n) is 2.56. The molecule has 2 amide bonds. The van der Waals surface area contributed by atoms with E-state index in [4.69, 9.17) is 0 Å². The van der Waals surface area contributed by atoms with E-state index in [1.54, 1.807) is 10.3 Å². The fourth-order valence-corrected chi connectivity index (χ4v) is 3.29. The summed E-state index contributed by atoms with van der Waals surface area (Å²) >= 11 is 1.12. The van der Waals surface area contributed by atoms with Crippen LogP contribution in [0.1, 0.15) is 19.5 Å². The van der Waals surface area contributed by atoms with Crippen LogP contribution >= 0.6 is 11.3 Å². The summed E-state index contributed by atoms with van der Waals surface area (Å²) in [6.45, 7) is 8.69. The van der Waals surface area contributed by atoms with Crippen LogP contribution in [0.15, 0.2) is 10.2 Å². The molecule has 0 aliphatic carbocycles. The fraction of sp³-hybridized carbons (Fsp3) is 0.667. The molecule has 1 aliphatic heterocycles. The lowest BCUT2D eigenvalue weighted by atomic mass is 10.3. The van der Waals surface area contributed by atoms with Gasteiger partial charge in [-0.25, -0.2) is 0 Å². The average Bonchev–Trinajstić information content (AvgIpc) is 2.79. The van der Waals surface area contributed by atoms with Gasteiger partial charge in [0.2, 0.25) is 11.8 Å². The lowest BCUT2D eigenvalue weighted by molar-refractivity contribution is -0.134. The van der Waals surface area contributed by atoms with Crippen molar-refractivity contribution in [1.29, 1.82) is 0 Å². The van der Waals surface area contributed by atoms with Gasteiger partial charge in [-0.3, -0.25) is 23.9 Å². The first-order valence-corrected chi connectivity index (χ1v) is 8.69. The number of hydrogen-bond donors (Lipinski definition) is 1. The molecule has 1 aliphatic rings. The molecule has 1 saturated heterocycles. The smallest absolute Gasteiger partial charge is 0.307 e. The third kappa shape index (κ3) is 4.90. The summed E-state index contributed by atoms with van der Waals surface area (Å²) in [7, 11) is 0. The van der Waals surface area contributed by atoms with Crippen molar-refractivity contribution < 1.29 is 9.59 Å². The molecule has 0 spiro atoms. The zero-order chi connectivity index (χ0) is 17.0. The molecule has 7 nitrogen and oxygen atoms in total. The highest BCUT2D eigenvalue weighted by Gasteiger charge is 2.23. The predicted octanol–water partition coefficient (Wildman–Crippen LogP) is -0.113. The van der Waals surface area contributed by atoms with Crippen molar-refractivity contribution in [3.8, 4) is 0 Å². The van der Waals surface area contributed by atoms with E-state index in [1.807, 2.05) is 25.7 Å². The number of hydrogen-bond acceptors (Lipinski definition) is 5. The van der Waals surface area contributed by atoms with Crippen LogP contribution in [0.3, 0.4) is 0 Å². The van der Waals surface area contributed by atoms with Crippen molar-refractivity contribution in [2.24, 2.45) is 0 Å². The highest BCUT2D eigenvalue weighted by atomic mass is 32.1. The van der Waals surface area contributed by atoms with E-state index < -0.39 is 0 Å². The minimum atomic E-state index is -0.0974. The molecule has 0 radical (unpaired) electrons. The maximum Gasteiger partial charge on any atom is 0.307 e. The summed E-state index contributed by atoms with van der Waals surface area (Å²) in [6.07, 6.45) is 0. The Hall–Kier alpha value is -1.67. The topological polar surface area (TPSA) is 74.7 Å². The molecule has 1 fully saturated rings. The molecule has 0 unspecified atom stereocenters. The Morgan fingerprint density at radius 3 is 2.39 bits per heavy atom. The molecule has 8 heteroatoms. The van der Waals surface area contributed by atoms with Crippen molar-refractivity contribution in [3.63, 3.8) is 0 Å². The highest BCUT2D eigenvalue weighted by Crippen LogP contribution is 2.05. The van der Waals surface area contributed by atoms with Gasteiger partial charge in [-0.1, -0.05) is 11.3 Å². The Morgan fingerprint density at radius 1 is 1.22 bits per heavy atom.